The van der Waals surface area contributed by atoms with Gasteiger partial charge in [0.2, 0.25) is 0 Å². The maximum absolute atomic E-state index is 14.6. The van der Waals surface area contributed by atoms with Crippen LogP contribution in [-0.2, 0) is 0 Å². The second-order valence-electron chi connectivity index (χ2n) is 8.11. The van der Waals surface area contributed by atoms with E-state index in [1.807, 2.05) is 31.1 Å². The molecule has 0 radical (unpaired) electrons. The molecule has 3 aromatic rings. The third kappa shape index (κ3) is 5.76. The SMILES string of the molecule is CN(C)CCOc1cc2ncnc(Nc3ccc(Cl)c(Cl)c3F)c2cc1OC1CCNCC1. The number of ether oxygens (including phenoxy) is 2. The van der Waals surface area contributed by atoms with Crippen LogP contribution in [0.4, 0.5) is 15.9 Å². The number of aromatic nitrogens is 2. The Kier molecular flexibility index (Phi) is 7.70. The number of likely N-dealkylation sites (N-methyl/N-ethyl adjacent to an activating group) is 1. The van der Waals surface area contributed by atoms with Crippen molar-refractivity contribution < 1.29 is 13.9 Å². The van der Waals surface area contributed by atoms with E-state index < -0.39 is 5.82 Å². The summed E-state index contributed by atoms with van der Waals surface area (Å²) in [7, 11) is 3.98. The fourth-order valence-electron chi connectivity index (χ4n) is 3.55. The fourth-order valence-corrected chi connectivity index (χ4v) is 3.86. The van der Waals surface area contributed by atoms with E-state index in [0.29, 0.717) is 34.8 Å². The molecule has 1 aliphatic heterocycles. The van der Waals surface area contributed by atoms with Crippen molar-refractivity contribution in [1.29, 1.82) is 0 Å². The Balaban J connectivity index is 1.70. The molecular weight excluding hydrogens is 468 g/mol. The van der Waals surface area contributed by atoms with Gasteiger partial charge in [-0.3, -0.25) is 0 Å². The molecule has 1 aromatic heterocycles. The first-order valence-corrected chi connectivity index (χ1v) is 11.5. The van der Waals surface area contributed by atoms with Crippen LogP contribution in [0.2, 0.25) is 10.0 Å². The summed E-state index contributed by atoms with van der Waals surface area (Å²) in [6, 6.07) is 6.73. The predicted octanol–water partition coefficient (Wildman–Crippen LogP) is 4.89. The molecule has 0 saturated carbocycles. The lowest BCUT2D eigenvalue weighted by Crippen LogP contribution is -2.34. The molecule has 0 atom stereocenters. The number of anilines is 2. The van der Waals surface area contributed by atoms with Crippen molar-refractivity contribution in [3.05, 3.63) is 46.5 Å². The quantitative estimate of drug-likeness (QED) is 0.432. The molecule has 10 heteroatoms. The molecule has 1 aliphatic rings. The zero-order valence-electron chi connectivity index (χ0n) is 18.5. The van der Waals surface area contributed by atoms with Crippen molar-refractivity contribution >= 4 is 45.6 Å². The van der Waals surface area contributed by atoms with Gasteiger partial charge in [0.05, 0.1) is 21.2 Å². The van der Waals surface area contributed by atoms with Gasteiger partial charge >= 0.3 is 0 Å². The van der Waals surface area contributed by atoms with E-state index in [0.717, 1.165) is 32.5 Å². The number of nitrogens with one attached hydrogen (secondary N) is 2. The number of halogens is 3. The van der Waals surface area contributed by atoms with Gasteiger partial charge in [-0.15, -0.1) is 0 Å². The van der Waals surface area contributed by atoms with Gasteiger partial charge in [0, 0.05) is 18.0 Å². The Morgan fingerprint density at radius 1 is 1.15 bits per heavy atom. The van der Waals surface area contributed by atoms with E-state index in [1.165, 1.54) is 18.5 Å². The molecule has 2 N–H and O–H groups in total. The van der Waals surface area contributed by atoms with Crippen LogP contribution in [0.5, 0.6) is 11.5 Å². The molecule has 0 bridgehead atoms. The number of piperidine rings is 1. The number of rotatable bonds is 8. The Bertz CT molecular complexity index is 1130. The van der Waals surface area contributed by atoms with Gasteiger partial charge in [-0.1, -0.05) is 23.2 Å². The zero-order chi connectivity index (χ0) is 23.4. The van der Waals surface area contributed by atoms with Crippen molar-refractivity contribution in [2.45, 2.75) is 18.9 Å². The zero-order valence-corrected chi connectivity index (χ0v) is 20.0. The topological polar surface area (TPSA) is 71.5 Å². The number of benzene rings is 2. The van der Waals surface area contributed by atoms with Crippen LogP contribution in [0.25, 0.3) is 10.9 Å². The minimum atomic E-state index is -0.647. The van der Waals surface area contributed by atoms with Gasteiger partial charge in [-0.2, -0.15) is 0 Å². The Morgan fingerprint density at radius 2 is 1.94 bits per heavy atom. The van der Waals surface area contributed by atoms with Gasteiger partial charge < -0.3 is 25.0 Å². The Labute approximate surface area is 202 Å². The average Bonchev–Trinajstić information content (AvgIpc) is 2.80. The van der Waals surface area contributed by atoms with Gasteiger partial charge in [0.25, 0.3) is 0 Å². The smallest absolute Gasteiger partial charge is 0.166 e. The largest absolute Gasteiger partial charge is 0.488 e. The second kappa shape index (κ2) is 10.7. The minimum Gasteiger partial charge on any atom is -0.488 e. The highest BCUT2D eigenvalue weighted by Crippen LogP contribution is 2.37. The lowest BCUT2D eigenvalue weighted by molar-refractivity contribution is 0.152. The molecular formula is C23H26Cl2FN5O2. The molecule has 33 heavy (non-hydrogen) atoms. The Hall–Kier alpha value is -2.39. The van der Waals surface area contributed by atoms with Gasteiger partial charge in [0.1, 0.15) is 24.9 Å². The monoisotopic (exact) mass is 493 g/mol. The van der Waals surface area contributed by atoms with Crippen molar-refractivity contribution in [2.75, 3.05) is 45.7 Å². The third-order valence-electron chi connectivity index (χ3n) is 5.36. The molecule has 1 saturated heterocycles. The first-order chi connectivity index (χ1) is 15.9. The molecule has 0 unspecified atom stereocenters. The maximum atomic E-state index is 14.6. The van der Waals surface area contributed by atoms with Crippen molar-refractivity contribution in [1.82, 2.24) is 20.2 Å². The summed E-state index contributed by atoms with van der Waals surface area (Å²) in [4.78, 5) is 10.7. The number of hydrogen-bond acceptors (Lipinski definition) is 7. The first kappa shape index (κ1) is 23.8. The standard InChI is InChI=1S/C23H26Cl2FN5O2/c1-31(2)9-10-32-19-12-18-15(11-20(19)33-14-5-7-27-8-6-14)23(29-13-28-18)30-17-4-3-16(24)21(25)22(17)26/h3-4,11-14,27H,5-10H2,1-2H3,(H,28,29,30). The number of nitrogens with zero attached hydrogens (tertiary/aromatic N) is 3. The predicted molar refractivity (Wildman–Crippen MR) is 130 cm³/mol. The summed E-state index contributed by atoms with van der Waals surface area (Å²) in [6.07, 6.45) is 3.30. The molecule has 2 aromatic carbocycles. The molecule has 2 heterocycles. The van der Waals surface area contributed by atoms with Crippen molar-refractivity contribution in [3.8, 4) is 11.5 Å². The molecule has 0 amide bonds. The highest BCUT2D eigenvalue weighted by atomic mass is 35.5. The normalized spacial score (nSPS) is 14.6. The molecule has 7 nitrogen and oxygen atoms in total. The van der Waals surface area contributed by atoms with Crippen LogP contribution < -0.4 is 20.1 Å². The molecule has 0 aliphatic carbocycles. The molecule has 1 fully saturated rings. The fraction of sp³-hybridized carbons (Fsp3) is 0.391. The molecule has 0 spiro atoms. The first-order valence-electron chi connectivity index (χ1n) is 10.8. The van der Waals surface area contributed by atoms with Crippen LogP contribution in [0.15, 0.2) is 30.6 Å². The van der Waals surface area contributed by atoms with E-state index in [9.17, 15) is 4.39 Å². The summed E-state index contributed by atoms with van der Waals surface area (Å²) >= 11 is 11.9. The van der Waals surface area contributed by atoms with E-state index in [2.05, 4.69) is 20.6 Å². The lowest BCUT2D eigenvalue weighted by Gasteiger charge is -2.25. The van der Waals surface area contributed by atoms with Crippen molar-refractivity contribution in [2.24, 2.45) is 0 Å². The summed E-state index contributed by atoms with van der Waals surface area (Å²) in [5.41, 5.74) is 0.807. The number of fused-ring (bicyclic) bond motifs is 1. The summed E-state index contributed by atoms with van der Waals surface area (Å²) in [5, 5.41) is 7.02. The van der Waals surface area contributed by atoms with E-state index in [-0.39, 0.29) is 21.8 Å². The highest BCUT2D eigenvalue weighted by molar-refractivity contribution is 6.42. The Morgan fingerprint density at radius 3 is 2.70 bits per heavy atom. The second-order valence-corrected chi connectivity index (χ2v) is 8.89. The molecule has 176 valence electrons. The van der Waals surface area contributed by atoms with Crippen LogP contribution in [-0.4, -0.2) is 61.3 Å². The van der Waals surface area contributed by atoms with Gasteiger partial charge in [-0.25, -0.2) is 14.4 Å². The lowest BCUT2D eigenvalue weighted by atomic mass is 10.1. The maximum Gasteiger partial charge on any atom is 0.166 e. The summed E-state index contributed by atoms with van der Waals surface area (Å²) in [5.74, 6) is 1.01. The molecule has 4 rings (SSSR count). The van der Waals surface area contributed by atoms with Crippen molar-refractivity contribution in [3.63, 3.8) is 0 Å². The number of hydrogen-bond donors (Lipinski definition) is 2. The summed E-state index contributed by atoms with van der Waals surface area (Å²) in [6.45, 7) is 3.08. The van der Waals surface area contributed by atoms with Crippen LogP contribution in [0, 0.1) is 5.82 Å². The van der Waals surface area contributed by atoms with E-state index >= 15 is 0 Å². The van der Waals surface area contributed by atoms with Gasteiger partial charge in [-0.05, 0) is 58.2 Å². The van der Waals surface area contributed by atoms with Crippen LogP contribution >= 0.6 is 23.2 Å². The highest BCUT2D eigenvalue weighted by Gasteiger charge is 2.20. The van der Waals surface area contributed by atoms with Gasteiger partial charge in [0.15, 0.2) is 17.3 Å². The summed E-state index contributed by atoms with van der Waals surface area (Å²) < 4.78 is 27.0. The van der Waals surface area contributed by atoms with E-state index in [4.69, 9.17) is 32.7 Å². The average molecular weight is 494 g/mol. The van der Waals surface area contributed by atoms with E-state index in [1.54, 1.807) is 0 Å². The van der Waals surface area contributed by atoms with Crippen LogP contribution in [0.1, 0.15) is 12.8 Å². The van der Waals surface area contributed by atoms with Crippen LogP contribution in [0.3, 0.4) is 0 Å². The minimum absolute atomic E-state index is 0.0773. The third-order valence-corrected chi connectivity index (χ3v) is 6.15.